The zero-order valence-electron chi connectivity index (χ0n) is 11.0. The first-order valence-electron chi connectivity index (χ1n) is 6.03. The molecule has 0 atom stereocenters. The molecule has 6 nitrogen and oxygen atoms in total. The summed E-state index contributed by atoms with van der Waals surface area (Å²) in [6.45, 7) is 0. The van der Waals surface area contributed by atoms with Crippen molar-refractivity contribution in [2.45, 2.75) is 0 Å². The molecule has 0 aliphatic heterocycles. The molecule has 0 radical (unpaired) electrons. The van der Waals surface area contributed by atoms with E-state index in [4.69, 9.17) is 9.84 Å². The minimum Gasteiger partial charge on any atom is -0.495 e. The molecule has 6 heteroatoms. The van der Waals surface area contributed by atoms with Crippen LogP contribution in [0.3, 0.4) is 0 Å². The largest absolute Gasteiger partial charge is 0.495 e. The molecule has 2 heterocycles. The van der Waals surface area contributed by atoms with Crippen LogP contribution < -0.4 is 4.74 Å². The molecule has 3 rings (SSSR count). The predicted octanol–water partition coefficient (Wildman–Crippen LogP) is 2.28. The summed E-state index contributed by atoms with van der Waals surface area (Å²) >= 11 is 0. The maximum absolute atomic E-state index is 10.9. The van der Waals surface area contributed by atoms with Crippen LogP contribution in [0.2, 0.25) is 0 Å². The fourth-order valence-corrected chi connectivity index (χ4v) is 2.37. The van der Waals surface area contributed by atoms with Gasteiger partial charge in [-0.15, -0.1) is 0 Å². The van der Waals surface area contributed by atoms with Crippen LogP contribution in [0.5, 0.6) is 5.75 Å². The molecule has 1 aromatic carbocycles. The van der Waals surface area contributed by atoms with E-state index in [1.54, 1.807) is 7.11 Å². The molecule has 2 aromatic heterocycles. The van der Waals surface area contributed by atoms with Gasteiger partial charge in [-0.3, -0.25) is 5.10 Å². The van der Waals surface area contributed by atoms with Gasteiger partial charge in [0.1, 0.15) is 11.4 Å². The van der Waals surface area contributed by atoms with Gasteiger partial charge in [0.05, 0.1) is 18.3 Å². The quantitative estimate of drug-likeness (QED) is 0.765. The molecule has 0 bridgehead atoms. The van der Waals surface area contributed by atoms with Crippen LogP contribution in [-0.4, -0.2) is 33.0 Å². The van der Waals surface area contributed by atoms with Crippen LogP contribution in [0.4, 0.5) is 0 Å². The van der Waals surface area contributed by atoms with Crippen LogP contribution in [0.15, 0.2) is 30.5 Å². The molecule has 3 aromatic rings. The van der Waals surface area contributed by atoms with Gasteiger partial charge in [-0.2, -0.15) is 5.10 Å². The van der Waals surface area contributed by atoms with Gasteiger partial charge in [-0.05, 0) is 12.1 Å². The number of aromatic carboxylic acids is 1. The molecule has 20 heavy (non-hydrogen) atoms. The Morgan fingerprint density at radius 2 is 2.25 bits per heavy atom. The lowest BCUT2D eigenvalue weighted by molar-refractivity contribution is 0.0690. The Morgan fingerprint density at radius 3 is 2.90 bits per heavy atom. The highest BCUT2D eigenvalue weighted by Gasteiger charge is 2.16. The van der Waals surface area contributed by atoms with E-state index >= 15 is 0 Å². The monoisotopic (exact) mass is 271 g/mol. The second-order valence-electron chi connectivity index (χ2n) is 4.48. The van der Waals surface area contributed by atoms with Gasteiger partial charge in [-0.1, -0.05) is 12.1 Å². The molecule has 0 unspecified atom stereocenters. The summed E-state index contributed by atoms with van der Waals surface area (Å²) in [7, 11) is 3.54. The second kappa shape index (κ2) is 4.41. The van der Waals surface area contributed by atoms with E-state index in [2.05, 4.69) is 10.2 Å². The Kier molecular flexibility index (Phi) is 2.71. The smallest absolute Gasteiger partial charge is 0.353 e. The SMILES string of the molecule is COc1cccc2c(-c3cc(C(=O)O)[nH]n3)cn(C)c12. The number of methoxy groups -OCH3 is 1. The van der Waals surface area contributed by atoms with Gasteiger partial charge in [-0.25, -0.2) is 4.79 Å². The van der Waals surface area contributed by atoms with Gasteiger partial charge in [0.25, 0.3) is 0 Å². The molecule has 0 fully saturated rings. The number of rotatable bonds is 3. The molecule has 0 saturated heterocycles. The highest BCUT2D eigenvalue weighted by molar-refractivity contribution is 5.99. The van der Waals surface area contributed by atoms with E-state index in [0.717, 1.165) is 22.2 Å². The number of hydrogen-bond donors (Lipinski definition) is 2. The first kappa shape index (κ1) is 12.3. The number of fused-ring (bicyclic) bond motifs is 1. The Hall–Kier alpha value is -2.76. The molecular weight excluding hydrogens is 258 g/mol. The van der Waals surface area contributed by atoms with Gasteiger partial charge in [0.15, 0.2) is 0 Å². The van der Waals surface area contributed by atoms with Crippen LogP contribution in [-0.2, 0) is 7.05 Å². The number of nitrogens with zero attached hydrogens (tertiary/aromatic N) is 2. The Bertz CT molecular complexity index is 801. The third-order valence-corrected chi connectivity index (χ3v) is 3.27. The van der Waals surface area contributed by atoms with Crippen molar-refractivity contribution in [2.24, 2.45) is 7.05 Å². The number of para-hydroxylation sites is 1. The van der Waals surface area contributed by atoms with E-state index in [9.17, 15) is 4.79 Å². The van der Waals surface area contributed by atoms with Gasteiger partial charge in [0.2, 0.25) is 0 Å². The lowest BCUT2D eigenvalue weighted by Crippen LogP contribution is -1.95. The summed E-state index contributed by atoms with van der Waals surface area (Å²) in [6, 6.07) is 7.27. The van der Waals surface area contributed by atoms with Gasteiger partial charge >= 0.3 is 5.97 Å². The summed E-state index contributed by atoms with van der Waals surface area (Å²) in [5, 5.41) is 16.5. The number of carboxylic acid groups (broad SMARTS) is 1. The fraction of sp³-hybridized carbons (Fsp3) is 0.143. The number of carboxylic acids is 1. The van der Waals surface area contributed by atoms with E-state index in [1.165, 1.54) is 6.07 Å². The number of carbonyl (C=O) groups is 1. The highest BCUT2D eigenvalue weighted by atomic mass is 16.5. The molecule has 0 amide bonds. The van der Waals surface area contributed by atoms with Crippen molar-refractivity contribution in [1.29, 1.82) is 0 Å². The molecule has 2 N–H and O–H groups in total. The van der Waals surface area contributed by atoms with E-state index in [0.29, 0.717) is 5.69 Å². The molecule has 0 aliphatic rings. The second-order valence-corrected chi connectivity index (χ2v) is 4.48. The number of ether oxygens (including phenoxy) is 1. The average Bonchev–Trinajstić information content (AvgIpc) is 3.04. The van der Waals surface area contributed by atoms with Crippen LogP contribution in [0.25, 0.3) is 22.2 Å². The van der Waals surface area contributed by atoms with Gasteiger partial charge in [0, 0.05) is 24.2 Å². The molecule has 102 valence electrons. The number of benzene rings is 1. The third kappa shape index (κ3) is 1.73. The Morgan fingerprint density at radius 1 is 1.45 bits per heavy atom. The zero-order valence-corrected chi connectivity index (χ0v) is 11.0. The van der Waals surface area contributed by atoms with E-state index in [1.807, 2.05) is 36.0 Å². The lowest BCUT2D eigenvalue weighted by Gasteiger charge is -2.03. The summed E-state index contributed by atoms with van der Waals surface area (Å²) in [5.41, 5.74) is 2.48. The third-order valence-electron chi connectivity index (χ3n) is 3.27. The van der Waals surface area contributed by atoms with Crippen molar-refractivity contribution in [3.05, 3.63) is 36.2 Å². The van der Waals surface area contributed by atoms with Crippen molar-refractivity contribution in [3.63, 3.8) is 0 Å². The first-order valence-corrected chi connectivity index (χ1v) is 6.03. The standard InChI is InChI=1S/C14H13N3O3/c1-17-7-9(10-6-11(14(18)19)16-15-10)8-4-3-5-12(20-2)13(8)17/h3-7H,1-2H3,(H,15,16)(H,18,19). The lowest BCUT2D eigenvalue weighted by atomic mass is 10.1. The maximum Gasteiger partial charge on any atom is 0.353 e. The highest BCUT2D eigenvalue weighted by Crippen LogP contribution is 2.34. The fourth-order valence-electron chi connectivity index (χ4n) is 2.37. The normalized spacial score (nSPS) is 10.9. The number of nitrogens with one attached hydrogen (secondary N) is 1. The van der Waals surface area contributed by atoms with Crippen molar-refractivity contribution in [2.75, 3.05) is 7.11 Å². The number of hydrogen-bond acceptors (Lipinski definition) is 3. The maximum atomic E-state index is 10.9. The van der Waals surface area contributed by atoms with Crippen LogP contribution in [0.1, 0.15) is 10.5 Å². The molecule has 0 aliphatic carbocycles. The Balaban J connectivity index is 2.23. The van der Waals surface area contributed by atoms with Crippen molar-refractivity contribution >= 4 is 16.9 Å². The van der Waals surface area contributed by atoms with E-state index < -0.39 is 5.97 Å². The van der Waals surface area contributed by atoms with Crippen LogP contribution >= 0.6 is 0 Å². The average molecular weight is 271 g/mol. The minimum absolute atomic E-state index is 0.0694. The van der Waals surface area contributed by atoms with E-state index in [-0.39, 0.29) is 5.69 Å². The topological polar surface area (TPSA) is 80.1 Å². The molecular formula is C14H13N3O3. The molecule has 0 spiro atoms. The molecule has 0 saturated carbocycles. The number of aromatic amines is 1. The van der Waals surface area contributed by atoms with Crippen molar-refractivity contribution < 1.29 is 14.6 Å². The van der Waals surface area contributed by atoms with Crippen molar-refractivity contribution in [1.82, 2.24) is 14.8 Å². The summed E-state index contributed by atoms with van der Waals surface area (Å²) in [4.78, 5) is 10.9. The zero-order chi connectivity index (χ0) is 14.3. The minimum atomic E-state index is -1.03. The number of H-pyrrole nitrogens is 1. The number of aromatic nitrogens is 3. The number of aryl methyl sites for hydroxylation is 1. The Labute approximate surface area is 114 Å². The van der Waals surface area contributed by atoms with Crippen LogP contribution in [0, 0.1) is 0 Å². The van der Waals surface area contributed by atoms with Crippen molar-refractivity contribution in [3.8, 4) is 17.0 Å². The first-order chi connectivity index (χ1) is 9.61. The predicted molar refractivity (Wildman–Crippen MR) is 74.0 cm³/mol. The summed E-state index contributed by atoms with van der Waals surface area (Å²) in [6.07, 6.45) is 1.91. The van der Waals surface area contributed by atoms with Gasteiger partial charge < -0.3 is 14.4 Å². The summed E-state index contributed by atoms with van der Waals surface area (Å²) < 4.78 is 7.30. The summed E-state index contributed by atoms with van der Waals surface area (Å²) in [5.74, 6) is -0.258.